The Bertz CT molecular complexity index is 301. The molecule has 1 N–H and O–H groups in total. The minimum atomic E-state index is -1.69. The van der Waals surface area contributed by atoms with Gasteiger partial charge in [0.1, 0.15) is 6.61 Å². The van der Waals surface area contributed by atoms with E-state index in [1.54, 1.807) is 0 Å². The lowest BCUT2D eigenvalue weighted by atomic mass is 9.95. The van der Waals surface area contributed by atoms with Crippen LogP contribution in [0.3, 0.4) is 0 Å². The lowest BCUT2D eigenvalue weighted by molar-refractivity contribution is -0.145. The highest BCUT2D eigenvalue weighted by Gasteiger charge is 2.39. The maximum atomic E-state index is 10.5. The molecule has 0 radical (unpaired) electrons. The van der Waals surface area contributed by atoms with E-state index in [1.807, 2.05) is 0 Å². The molecule has 0 aromatic carbocycles. The van der Waals surface area contributed by atoms with Gasteiger partial charge in [-0.2, -0.15) is 0 Å². The number of carboxylic acids is 1. The van der Waals surface area contributed by atoms with Crippen LogP contribution in [0.25, 0.3) is 0 Å². The van der Waals surface area contributed by atoms with Gasteiger partial charge in [0.15, 0.2) is 8.32 Å². The largest absolute Gasteiger partial charge is 0.480 e. The molecule has 5 heteroatoms. The highest BCUT2D eigenvalue weighted by molar-refractivity contribution is 6.74. The third-order valence-corrected chi connectivity index (χ3v) is 8.87. The number of carboxylic acid groups (broad SMARTS) is 1. The summed E-state index contributed by atoms with van der Waals surface area (Å²) in [6, 6.07) is 0. The van der Waals surface area contributed by atoms with Gasteiger partial charge in [0.05, 0.1) is 6.10 Å². The van der Waals surface area contributed by atoms with Crippen LogP contribution in [-0.4, -0.2) is 38.2 Å². The van der Waals surface area contributed by atoms with Crippen LogP contribution in [0.1, 0.15) is 46.5 Å². The summed E-state index contributed by atoms with van der Waals surface area (Å²) in [5.41, 5.74) is 0. The van der Waals surface area contributed by atoms with Crippen LogP contribution in [0.2, 0.25) is 18.1 Å². The Labute approximate surface area is 117 Å². The van der Waals surface area contributed by atoms with Gasteiger partial charge in [-0.3, -0.25) is 0 Å². The molecule has 0 aromatic rings. The summed E-state index contributed by atoms with van der Waals surface area (Å²) in [6.45, 7) is 11.1. The maximum absolute atomic E-state index is 10.5. The maximum Gasteiger partial charge on any atom is 0.329 e. The van der Waals surface area contributed by atoms with Crippen molar-refractivity contribution in [3.05, 3.63) is 0 Å². The Morgan fingerprint density at radius 3 is 2.05 bits per heavy atom. The molecular weight excluding hydrogens is 260 g/mol. The number of carbonyl (C=O) groups is 1. The second-order valence-electron chi connectivity index (χ2n) is 6.98. The zero-order valence-corrected chi connectivity index (χ0v) is 13.9. The summed E-state index contributed by atoms with van der Waals surface area (Å²) in [5, 5.41) is 8.83. The van der Waals surface area contributed by atoms with Gasteiger partial charge in [-0.25, -0.2) is 4.79 Å². The van der Waals surface area contributed by atoms with E-state index < -0.39 is 14.3 Å². The van der Waals surface area contributed by atoms with E-state index in [2.05, 4.69) is 33.9 Å². The van der Waals surface area contributed by atoms with Crippen LogP contribution in [0.15, 0.2) is 0 Å². The second kappa shape index (κ2) is 6.37. The third-order valence-electron chi connectivity index (χ3n) is 4.33. The average Bonchev–Trinajstić information content (AvgIpc) is 2.26. The average molecular weight is 288 g/mol. The SMILES string of the molecule is CC(C)(C)[Si](C)(C)OC1CCC(OCC(=O)O)CC1. The number of ether oxygens (including phenoxy) is 1. The van der Waals surface area contributed by atoms with Crippen molar-refractivity contribution in [3.8, 4) is 0 Å². The van der Waals surface area contributed by atoms with Crippen LogP contribution < -0.4 is 0 Å². The monoisotopic (exact) mass is 288 g/mol. The number of hydrogen-bond donors (Lipinski definition) is 1. The van der Waals surface area contributed by atoms with Crippen molar-refractivity contribution in [2.45, 2.75) is 76.8 Å². The molecule has 1 saturated carbocycles. The van der Waals surface area contributed by atoms with E-state index in [1.165, 1.54) is 0 Å². The predicted molar refractivity (Wildman–Crippen MR) is 77.9 cm³/mol. The molecule has 0 unspecified atom stereocenters. The van der Waals surface area contributed by atoms with Crippen molar-refractivity contribution in [1.82, 2.24) is 0 Å². The van der Waals surface area contributed by atoms with Crippen molar-refractivity contribution in [3.63, 3.8) is 0 Å². The normalized spacial score (nSPS) is 25.3. The highest BCUT2D eigenvalue weighted by Crippen LogP contribution is 2.39. The first-order valence-corrected chi connectivity index (χ1v) is 10.0. The van der Waals surface area contributed by atoms with Crippen LogP contribution >= 0.6 is 0 Å². The van der Waals surface area contributed by atoms with E-state index in [0.717, 1.165) is 25.7 Å². The molecule has 0 spiro atoms. The highest BCUT2D eigenvalue weighted by atomic mass is 28.4. The molecule has 112 valence electrons. The Balaban J connectivity index is 2.36. The lowest BCUT2D eigenvalue weighted by Gasteiger charge is -2.41. The van der Waals surface area contributed by atoms with E-state index in [-0.39, 0.29) is 17.7 Å². The summed E-state index contributed by atoms with van der Waals surface area (Å²) in [4.78, 5) is 10.5. The standard InChI is InChI=1S/C14H28O4Si/c1-14(2,3)19(4,5)18-12-8-6-11(7-9-12)17-10-13(15)16/h11-12H,6-10H2,1-5H3,(H,15,16). The molecule has 0 amide bonds. The molecule has 1 aliphatic carbocycles. The van der Waals surface area contributed by atoms with E-state index in [9.17, 15) is 4.79 Å². The smallest absolute Gasteiger partial charge is 0.329 e. The van der Waals surface area contributed by atoms with Crippen LogP contribution in [0.5, 0.6) is 0 Å². The quantitative estimate of drug-likeness (QED) is 0.788. The van der Waals surface area contributed by atoms with Gasteiger partial charge in [-0.15, -0.1) is 0 Å². The zero-order chi connectivity index (χ0) is 14.7. The van der Waals surface area contributed by atoms with Gasteiger partial charge in [-0.1, -0.05) is 20.8 Å². The topological polar surface area (TPSA) is 55.8 Å². The van der Waals surface area contributed by atoms with Gasteiger partial charge in [0, 0.05) is 6.10 Å². The Morgan fingerprint density at radius 2 is 1.63 bits per heavy atom. The molecule has 0 heterocycles. The predicted octanol–water partition coefficient (Wildman–Crippen LogP) is 3.42. The summed E-state index contributed by atoms with van der Waals surface area (Å²) in [7, 11) is -1.69. The minimum Gasteiger partial charge on any atom is -0.480 e. The van der Waals surface area contributed by atoms with Crippen LogP contribution in [-0.2, 0) is 14.0 Å². The molecule has 0 aromatic heterocycles. The molecule has 0 bridgehead atoms. The second-order valence-corrected chi connectivity index (χ2v) is 11.7. The summed E-state index contributed by atoms with van der Waals surface area (Å²) in [5.74, 6) is -0.889. The van der Waals surface area contributed by atoms with Crippen molar-refractivity contribution in [2.24, 2.45) is 0 Å². The van der Waals surface area contributed by atoms with E-state index in [0.29, 0.717) is 6.10 Å². The van der Waals surface area contributed by atoms with E-state index >= 15 is 0 Å². The lowest BCUT2D eigenvalue weighted by Crippen LogP contribution is -2.45. The molecule has 4 nitrogen and oxygen atoms in total. The molecule has 0 saturated heterocycles. The molecule has 1 aliphatic rings. The van der Waals surface area contributed by atoms with Gasteiger partial charge in [0.25, 0.3) is 0 Å². The van der Waals surface area contributed by atoms with Crippen molar-refractivity contribution < 1.29 is 19.1 Å². The van der Waals surface area contributed by atoms with Gasteiger partial charge < -0.3 is 14.3 Å². The minimum absolute atomic E-state index is 0.0929. The van der Waals surface area contributed by atoms with Gasteiger partial charge >= 0.3 is 5.97 Å². The Kier molecular flexibility index (Phi) is 5.59. The molecule has 19 heavy (non-hydrogen) atoms. The van der Waals surface area contributed by atoms with Crippen molar-refractivity contribution in [2.75, 3.05) is 6.61 Å². The van der Waals surface area contributed by atoms with Crippen LogP contribution in [0.4, 0.5) is 0 Å². The third kappa shape index (κ3) is 5.24. The van der Waals surface area contributed by atoms with E-state index in [4.69, 9.17) is 14.3 Å². The van der Waals surface area contributed by atoms with Crippen molar-refractivity contribution >= 4 is 14.3 Å². The summed E-state index contributed by atoms with van der Waals surface area (Å²) >= 11 is 0. The molecule has 0 atom stereocenters. The first kappa shape index (κ1) is 16.7. The number of hydrogen-bond acceptors (Lipinski definition) is 3. The van der Waals surface area contributed by atoms with Gasteiger partial charge in [-0.05, 0) is 43.8 Å². The first-order valence-electron chi connectivity index (χ1n) is 7.13. The zero-order valence-electron chi connectivity index (χ0n) is 12.9. The molecule has 1 rings (SSSR count). The molecular formula is C14H28O4Si. The summed E-state index contributed by atoms with van der Waals surface area (Å²) < 4.78 is 11.7. The fraction of sp³-hybridized carbons (Fsp3) is 0.929. The number of rotatable bonds is 5. The molecule has 1 fully saturated rings. The Hall–Kier alpha value is -0.393. The fourth-order valence-corrected chi connectivity index (χ4v) is 3.52. The van der Waals surface area contributed by atoms with Crippen molar-refractivity contribution in [1.29, 1.82) is 0 Å². The fourth-order valence-electron chi connectivity index (χ4n) is 2.10. The van der Waals surface area contributed by atoms with Crippen LogP contribution in [0, 0.1) is 0 Å². The van der Waals surface area contributed by atoms with Gasteiger partial charge in [0.2, 0.25) is 0 Å². The summed E-state index contributed by atoms with van der Waals surface area (Å²) in [6.07, 6.45) is 4.20. The number of aliphatic carboxylic acids is 1. The molecule has 0 aliphatic heterocycles. The Morgan fingerprint density at radius 1 is 1.16 bits per heavy atom. The first-order chi connectivity index (χ1) is 8.62.